The van der Waals surface area contributed by atoms with E-state index in [1.165, 1.54) is 0 Å². The van der Waals surface area contributed by atoms with Gasteiger partial charge in [-0.3, -0.25) is 9.67 Å². The van der Waals surface area contributed by atoms with Crippen LogP contribution >= 0.6 is 0 Å². The summed E-state index contributed by atoms with van der Waals surface area (Å²) in [5.41, 5.74) is 2.48. The lowest BCUT2D eigenvalue weighted by molar-refractivity contribution is 0.205. The van der Waals surface area contributed by atoms with Gasteiger partial charge in [-0.25, -0.2) is 0 Å². The van der Waals surface area contributed by atoms with Gasteiger partial charge in [0.05, 0.1) is 11.4 Å². The Kier molecular flexibility index (Phi) is 2.51. The highest BCUT2D eigenvalue weighted by Crippen LogP contribution is 2.19. The van der Waals surface area contributed by atoms with Gasteiger partial charge in [0.1, 0.15) is 6.10 Å². The molecule has 2 rings (SSSR count). The van der Waals surface area contributed by atoms with Crippen LogP contribution in [0.25, 0.3) is 0 Å². The standard InChI is InChI=1S/C11H13N3O/c1-8-3-5-12-9(7-8)11(15)10-4-6-13-14(10)2/h3-7,11,15H,1-2H3. The number of aromatic nitrogens is 3. The molecule has 4 nitrogen and oxygen atoms in total. The van der Waals surface area contributed by atoms with Gasteiger partial charge in [0.2, 0.25) is 0 Å². The van der Waals surface area contributed by atoms with Crippen molar-refractivity contribution in [2.45, 2.75) is 13.0 Å². The Balaban J connectivity index is 2.36. The van der Waals surface area contributed by atoms with Crippen LogP contribution in [0.2, 0.25) is 0 Å². The van der Waals surface area contributed by atoms with Crippen LogP contribution in [-0.4, -0.2) is 19.9 Å². The molecule has 2 aromatic heterocycles. The minimum Gasteiger partial charge on any atom is -0.380 e. The number of nitrogens with zero attached hydrogens (tertiary/aromatic N) is 3. The quantitative estimate of drug-likeness (QED) is 0.798. The van der Waals surface area contributed by atoms with E-state index in [-0.39, 0.29) is 0 Å². The van der Waals surface area contributed by atoms with E-state index in [1.807, 2.05) is 19.1 Å². The second-order valence-electron chi connectivity index (χ2n) is 3.54. The molecule has 0 aliphatic rings. The van der Waals surface area contributed by atoms with E-state index >= 15 is 0 Å². The van der Waals surface area contributed by atoms with E-state index < -0.39 is 6.10 Å². The topological polar surface area (TPSA) is 50.9 Å². The average Bonchev–Trinajstić information content (AvgIpc) is 2.63. The summed E-state index contributed by atoms with van der Waals surface area (Å²) >= 11 is 0. The Morgan fingerprint density at radius 3 is 2.73 bits per heavy atom. The van der Waals surface area contributed by atoms with Crippen molar-refractivity contribution in [1.82, 2.24) is 14.8 Å². The van der Waals surface area contributed by atoms with Gasteiger partial charge in [-0.2, -0.15) is 5.10 Å². The Morgan fingerprint density at radius 2 is 2.13 bits per heavy atom. The zero-order valence-electron chi connectivity index (χ0n) is 8.75. The van der Waals surface area contributed by atoms with Crippen LogP contribution in [-0.2, 0) is 7.05 Å². The zero-order valence-corrected chi connectivity index (χ0v) is 8.75. The molecule has 2 heterocycles. The summed E-state index contributed by atoms with van der Waals surface area (Å²) in [6.07, 6.45) is 2.65. The maximum atomic E-state index is 10.1. The highest BCUT2D eigenvalue weighted by Gasteiger charge is 2.14. The van der Waals surface area contributed by atoms with E-state index in [9.17, 15) is 5.11 Å². The molecule has 15 heavy (non-hydrogen) atoms. The van der Waals surface area contributed by atoms with Crippen molar-refractivity contribution in [1.29, 1.82) is 0 Å². The summed E-state index contributed by atoms with van der Waals surface area (Å²) in [5.74, 6) is 0. The molecule has 4 heteroatoms. The van der Waals surface area contributed by atoms with Crippen LogP contribution in [0.3, 0.4) is 0 Å². The largest absolute Gasteiger partial charge is 0.380 e. The monoisotopic (exact) mass is 203 g/mol. The normalized spacial score (nSPS) is 12.7. The number of aryl methyl sites for hydroxylation is 2. The third-order valence-electron chi connectivity index (χ3n) is 2.36. The van der Waals surface area contributed by atoms with Gasteiger partial charge in [0, 0.05) is 19.4 Å². The summed E-state index contributed by atoms with van der Waals surface area (Å²) in [7, 11) is 1.80. The first-order valence-corrected chi connectivity index (χ1v) is 4.77. The van der Waals surface area contributed by atoms with Crippen LogP contribution in [0.1, 0.15) is 23.1 Å². The smallest absolute Gasteiger partial charge is 0.137 e. The first kappa shape index (κ1) is 9.86. The van der Waals surface area contributed by atoms with Crippen molar-refractivity contribution in [3.05, 3.63) is 47.5 Å². The van der Waals surface area contributed by atoms with Crippen LogP contribution in [0.5, 0.6) is 0 Å². The zero-order chi connectivity index (χ0) is 10.8. The van der Waals surface area contributed by atoms with E-state index in [0.717, 1.165) is 11.3 Å². The molecule has 0 saturated carbocycles. The molecule has 0 aliphatic carbocycles. The lowest BCUT2D eigenvalue weighted by Gasteiger charge is -2.10. The first-order valence-electron chi connectivity index (χ1n) is 4.77. The Hall–Kier alpha value is -1.68. The van der Waals surface area contributed by atoms with E-state index in [1.54, 1.807) is 30.2 Å². The van der Waals surface area contributed by atoms with Crippen molar-refractivity contribution in [2.24, 2.45) is 7.05 Å². The van der Waals surface area contributed by atoms with Gasteiger partial charge in [-0.05, 0) is 30.7 Å². The van der Waals surface area contributed by atoms with E-state index in [0.29, 0.717) is 5.69 Å². The number of rotatable bonds is 2. The molecule has 0 radical (unpaired) electrons. The van der Waals surface area contributed by atoms with Crippen molar-refractivity contribution < 1.29 is 5.11 Å². The molecule has 1 unspecified atom stereocenters. The maximum absolute atomic E-state index is 10.1. The van der Waals surface area contributed by atoms with E-state index in [4.69, 9.17) is 0 Å². The number of pyridine rings is 1. The molecule has 0 saturated heterocycles. The van der Waals surface area contributed by atoms with E-state index in [2.05, 4.69) is 10.1 Å². The van der Waals surface area contributed by atoms with Crippen LogP contribution in [0.4, 0.5) is 0 Å². The minimum atomic E-state index is -0.711. The minimum absolute atomic E-state index is 0.651. The predicted octanol–water partition coefficient (Wildman–Crippen LogP) is 1.21. The highest BCUT2D eigenvalue weighted by molar-refractivity contribution is 5.22. The number of aliphatic hydroxyl groups excluding tert-OH is 1. The molecule has 0 spiro atoms. The molecular formula is C11H13N3O. The summed E-state index contributed by atoms with van der Waals surface area (Å²) in [4.78, 5) is 4.15. The molecule has 2 aromatic rings. The summed E-state index contributed by atoms with van der Waals surface area (Å²) < 4.78 is 1.65. The molecule has 0 bridgehead atoms. The van der Waals surface area contributed by atoms with Gasteiger partial charge in [-0.1, -0.05) is 0 Å². The Morgan fingerprint density at radius 1 is 1.33 bits per heavy atom. The first-order chi connectivity index (χ1) is 7.18. The molecule has 78 valence electrons. The summed E-state index contributed by atoms with van der Waals surface area (Å²) in [6, 6.07) is 5.56. The Labute approximate surface area is 88.2 Å². The molecule has 0 amide bonds. The van der Waals surface area contributed by atoms with Gasteiger partial charge in [-0.15, -0.1) is 0 Å². The lowest BCUT2D eigenvalue weighted by atomic mass is 10.1. The third kappa shape index (κ3) is 1.89. The van der Waals surface area contributed by atoms with Gasteiger partial charge in [0.15, 0.2) is 0 Å². The Bertz CT molecular complexity index is 464. The highest BCUT2D eigenvalue weighted by atomic mass is 16.3. The van der Waals surface area contributed by atoms with Gasteiger partial charge in [0.25, 0.3) is 0 Å². The van der Waals surface area contributed by atoms with Crippen molar-refractivity contribution in [2.75, 3.05) is 0 Å². The molecule has 0 aliphatic heterocycles. The SMILES string of the molecule is Cc1ccnc(C(O)c2ccnn2C)c1. The molecule has 1 atom stereocenters. The summed E-state index contributed by atoms with van der Waals surface area (Å²) in [5, 5.41) is 14.1. The lowest BCUT2D eigenvalue weighted by Crippen LogP contribution is -2.08. The fourth-order valence-electron chi connectivity index (χ4n) is 1.51. The molecule has 1 N–H and O–H groups in total. The van der Waals surface area contributed by atoms with Gasteiger partial charge < -0.3 is 5.11 Å². The van der Waals surface area contributed by atoms with Crippen LogP contribution in [0.15, 0.2) is 30.6 Å². The fourth-order valence-corrected chi connectivity index (χ4v) is 1.51. The third-order valence-corrected chi connectivity index (χ3v) is 2.36. The van der Waals surface area contributed by atoms with Crippen molar-refractivity contribution >= 4 is 0 Å². The second-order valence-corrected chi connectivity index (χ2v) is 3.54. The fraction of sp³-hybridized carbons (Fsp3) is 0.273. The van der Waals surface area contributed by atoms with Crippen LogP contribution < -0.4 is 0 Å². The second kappa shape index (κ2) is 3.82. The molecular weight excluding hydrogens is 190 g/mol. The van der Waals surface area contributed by atoms with Crippen LogP contribution in [0, 0.1) is 6.92 Å². The van der Waals surface area contributed by atoms with Crippen molar-refractivity contribution in [3.63, 3.8) is 0 Å². The molecule has 0 fully saturated rings. The van der Waals surface area contributed by atoms with Gasteiger partial charge >= 0.3 is 0 Å². The summed E-state index contributed by atoms with van der Waals surface area (Å²) in [6.45, 7) is 1.97. The number of hydrogen-bond donors (Lipinski definition) is 1. The maximum Gasteiger partial charge on any atom is 0.137 e. The van der Waals surface area contributed by atoms with Crippen molar-refractivity contribution in [3.8, 4) is 0 Å². The average molecular weight is 203 g/mol. The number of hydrogen-bond acceptors (Lipinski definition) is 3. The molecule has 0 aromatic carbocycles. The predicted molar refractivity (Wildman–Crippen MR) is 56.2 cm³/mol. The number of aliphatic hydroxyl groups is 1.